The smallest absolute Gasteiger partial charge is 0.315 e. The molecular weight excluding hydrogens is 540 g/mol. The monoisotopic (exact) mass is 584 g/mol. The van der Waals surface area contributed by atoms with Gasteiger partial charge in [-0.2, -0.15) is 0 Å². The summed E-state index contributed by atoms with van der Waals surface area (Å²) in [6, 6.07) is 8.21. The zero-order valence-corrected chi connectivity index (χ0v) is 25.6. The van der Waals surface area contributed by atoms with Crippen LogP contribution in [-0.4, -0.2) is 50.1 Å². The number of carbonyl (C=O) groups excluding carboxylic acids is 3. The Morgan fingerprint density at radius 2 is 1.63 bits per heavy atom. The number of nitrogens with one attached hydrogen (secondary N) is 4. The standard InChI is InChI=1S/C32H45ClN4O4/c1-21(20-26-22(2)24-14-10-11-15-25(24)30(41-4)29(26)33)31(39)35-19-13-6-5-12-18-34-28(38)17-9-7-8-16-27-23(3)36-32(40)37-27/h10-11,14-15,20,23,27H,5-9,12-13,16-19H2,1-4H3,(H,34,38)(H,35,39)(H2,36,37,40)/b21-20+/t23-,27+/m0/s1. The van der Waals surface area contributed by atoms with Crippen LogP contribution in [0, 0.1) is 6.92 Å². The fourth-order valence-corrected chi connectivity index (χ4v) is 5.64. The highest BCUT2D eigenvalue weighted by molar-refractivity contribution is 6.35. The molecule has 0 aliphatic carbocycles. The van der Waals surface area contributed by atoms with Gasteiger partial charge in [-0.25, -0.2) is 4.79 Å². The van der Waals surface area contributed by atoms with E-state index in [2.05, 4.69) is 21.3 Å². The zero-order valence-electron chi connectivity index (χ0n) is 24.8. The fraction of sp³-hybridized carbons (Fsp3) is 0.531. The number of urea groups is 1. The molecule has 9 heteroatoms. The third kappa shape index (κ3) is 9.38. The molecule has 0 saturated carbocycles. The minimum atomic E-state index is -0.112. The number of amides is 4. The van der Waals surface area contributed by atoms with Crippen molar-refractivity contribution in [1.82, 2.24) is 21.3 Å². The van der Waals surface area contributed by atoms with E-state index in [-0.39, 0.29) is 29.9 Å². The molecule has 8 nitrogen and oxygen atoms in total. The summed E-state index contributed by atoms with van der Waals surface area (Å²) < 4.78 is 5.58. The molecule has 2 aromatic rings. The van der Waals surface area contributed by atoms with Crippen LogP contribution in [0.25, 0.3) is 16.8 Å². The van der Waals surface area contributed by atoms with Crippen LogP contribution in [-0.2, 0) is 9.59 Å². The molecule has 4 N–H and O–H groups in total. The van der Waals surface area contributed by atoms with Crippen LogP contribution in [0.4, 0.5) is 4.79 Å². The lowest BCUT2D eigenvalue weighted by Crippen LogP contribution is -2.30. The molecule has 1 heterocycles. The van der Waals surface area contributed by atoms with E-state index < -0.39 is 0 Å². The number of hydrogen-bond acceptors (Lipinski definition) is 4. The van der Waals surface area contributed by atoms with Crippen LogP contribution < -0.4 is 26.0 Å². The Morgan fingerprint density at radius 3 is 2.29 bits per heavy atom. The van der Waals surface area contributed by atoms with Gasteiger partial charge in [0.25, 0.3) is 0 Å². The summed E-state index contributed by atoms with van der Waals surface area (Å²) >= 11 is 6.68. The average molecular weight is 585 g/mol. The van der Waals surface area contributed by atoms with Gasteiger partial charge in [0.05, 0.1) is 18.2 Å². The lowest BCUT2D eigenvalue weighted by molar-refractivity contribution is -0.121. The van der Waals surface area contributed by atoms with Crippen molar-refractivity contribution in [3.8, 4) is 5.75 Å². The molecule has 41 heavy (non-hydrogen) atoms. The van der Waals surface area contributed by atoms with Gasteiger partial charge in [0.2, 0.25) is 11.8 Å². The number of halogens is 1. The number of ether oxygens (including phenoxy) is 1. The van der Waals surface area contributed by atoms with Crippen molar-refractivity contribution in [2.24, 2.45) is 0 Å². The first-order valence-corrected chi connectivity index (χ1v) is 15.2. The summed E-state index contributed by atoms with van der Waals surface area (Å²) in [4.78, 5) is 36.1. The molecule has 4 amide bonds. The third-order valence-electron chi connectivity index (χ3n) is 7.75. The Labute approximate surface area is 249 Å². The van der Waals surface area contributed by atoms with E-state index in [9.17, 15) is 14.4 Å². The second-order valence-corrected chi connectivity index (χ2v) is 11.3. The summed E-state index contributed by atoms with van der Waals surface area (Å²) in [6.07, 6.45) is 9.94. The summed E-state index contributed by atoms with van der Waals surface area (Å²) in [5.41, 5.74) is 2.39. The normalized spacial score (nSPS) is 16.8. The quantitative estimate of drug-likeness (QED) is 0.143. The van der Waals surface area contributed by atoms with E-state index in [1.807, 2.05) is 44.2 Å². The van der Waals surface area contributed by atoms with Crippen LogP contribution in [0.15, 0.2) is 29.8 Å². The van der Waals surface area contributed by atoms with Crippen molar-refractivity contribution >= 4 is 46.3 Å². The number of benzene rings is 2. The maximum Gasteiger partial charge on any atom is 0.315 e. The first kappa shape index (κ1) is 32.3. The zero-order chi connectivity index (χ0) is 29.8. The van der Waals surface area contributed by atoms with E-state index in [4.69, 9.17) is 16.3 Å². The second-order valence-electron chi connectivity index (χ2n) is 10.9. The SMILES string of the molecule is COc1c(Cl)c(/C=C(\C)C(=O)NCCCCCCNC(=O)CCCCC[C@H]2NC(=O)N[C@H]2C)c(C)c2ccccc12. The molecule has 2 aromatic carbocycles. The molecule has 0 unspecified atom stereocenters. The summed E-state index contributed by atoms with van der Waals surface area (Å²) in [5.74, 6) is 0.602. The van der Waals surface area contributed by atoms with Crippen LogP contribution >= 0.6 is 11.6 Å². The molecule has 2 atom stereocenters. The van der Waals surface area contributed by atoms with Crippen molar-refractivity contribution in [1.29, 1.82) is 0 Å². The van der Waals surface area contributed by atoms with Crippen molar-refractivity contribution in [3.63, 3.8) is 0 Å². The van der Waals surface area contributed by atoms with Gasteiger partial charge in [-0.3, -0.25) is 9.59 Å². The highest BCUT2D eigenvalue weighted by atomic mass is 35.5. The number of carbonyl (C=O) groups is 3. The van der Waals surface area contributed by atoms with E-state index in [1.54, 1.807) is 14.0 Å². The van der Waals surface area contributed by atoms with E-state index in [0.29, 0.717) is 35.9 Å². The Morgan fingerprint density at radius 1 is 0.976 bits per heavy atom. The van der Waals surface area contributed by atoms with Gasteiger partial charge < -0.3 is 26.0 Å². The lowest BCUT2D eigenvalue weighted by atomic mass is 9.97. The van der Waals surface area contributed by atoms with E-state index in [0.717, 1.165) is 73.3 Å². The maximum atomic E-state index is 12.7. The predicted molar refractivity (Wildman–Crippen MR) is 166 cm³/mol. The largest absolute Gasteiger partial charge is 0.495 e. The van der Waals surface area contributed by atoms with Crippen LogP contribution in [0.1, 0.15) is 82.8 Å². The predicted octanol–water partition coefficient (Wildman–Crippen LogP) is 6.03. The second kappa shape index (κ2) is 16.2. The number of aryl methyl sites for hydroxylation is 1. The van der Waals surface area contributed by atoms with E-state index >= 15 is 0 Å². The molecule has 0 aromatic heterocycles. The van der Waals surface area contributed by atoms with Gasteiger partial charge in [-0.15, -0.1) is 0 Å². The molecule has 1 fully saturated rings. The minimum Gasteiger partial charge on any atom is -0.495 e. The molecule has 1 aliphatic heterocycles. The van der Waals surface area contributed by atoms with Crippen LogP contribution in [0.2, 0.25) is 5.02 Å². The highest BCUT2D eigenvalue weighted by Gasteiger charge is 2.26. The highest BCUT2D eigenvalue weighted by Crippen LogP contribution is 2.40. The van der Waals surface area contributed by atoms with Gasteiger partial charge in [-0.05, 0) is 63.5 Å². The van der Waals surface area contributed by atoms with Crippen molar-refractivity contribution < 1.29 is 19.1 Å². The molecule has 3 rings (SSSR count). The number of fused-ring (bicyclic) bond motifs is 1. The molecule has 0 bridgehead atoms. The number of rotatable bonds is 16. The number of methoxy groups -OCH3 is 1. The topological polar surface area (TPSA) is 109 Å². The van der Waals surface area contributed by atoms with Crippen molar-refractivity contribution in [2.75, 3.05) is 20.2 Å². The molecule has 0 radical (unpaired) electrons. The Bertz CT molecular complexity index is 1250. The summed E-state index contributed by atoms with van der Waals surface area (Å²) in [7, 11) is 1.60. The van der Waals surface area contributed by atoms with Gasteiger partial charge in [0.1, 0.15) is 5.75 Å². The van der Waals surface area contributed by atoms with Gasteiger partial charge >= 0.3 is 6.03 Å². The van der Waals surface area contributed by atoms with Crippen LogP contribution in [0.3, 0.4) is 0 Å². The summed E-state index contributed by atoms with van der Waals surface area (Å²) in [5, 5.41) is 14.3. The van der Waals surface area contributed by atoms with Gasteiger partial charge in [-0.1, -0.05) is 61.5 Å². The Hall–Kier alpha value is -3.26. The molecular formula is C32H45ClN4O4. The lowest BCUT2D eigenvalue weighted by Gasteiger charge is -2.15. The number of hydrogen-bond donors (Lipinski definition) is 4. The number of unbranched alkanes of at least 4 members (excludes halogenated alkanes) is 5. The molecule has 224 valence electrons. The first-order chi connectivity index (χ1) is 19.7. The van der Waals surface area contributed by atoms with Crippen LogP contribution in [0.5, 0.6) is 5.75 Å². The summed E-state index contributed by atoms with van der Waals surface area (Å²) in [6.45, 7) is 7.09. The van der Waals surface area contributed by atoms with Crippen molar-refractivity contribution in [2.45, 2.75) is 90.6 Å². The molecule has 1 aliphatic rings. The molecule has 1 saturated heterocycles. The van der Waals surface area contributed by atoms with Gasteiger partial charge in [0.15, 0.2) is 0 Å². The average Bonchev–Trinajstić information content (AvgIpc) is 3.28. The minimum absolute atomic E-state index is 0.0887. The fourth-order valence-electron chi connectivity index (χ4n) is 5.26. The molecule has 0 spiro atoms. The third-order valence-corrected chi connectivity index (χ3v) is 8.12. The Kier molecular flexibility index (Phi) is 12.8. The van der Waals surface area contributed by atoms with Gasteiger partial charge in [0, 0.05) is 42.1 Å². The first-order valence-electron chi connectivity index (χ1n) is 14.8. The Balaban J connectivity index is 1.27. The van der Waals surface area contributed by atoms with Crippen molar-refractivity contribution in [3.05, 3.63) is 46.0 Å². The van der Waals surface area contributed by atoms with E-state index in [1.165, 1.54) is 0 Å². The maximum absolute atomic E-state index is 12.7.